The monoisotopic (exact) mass is 300 g/mol. The fourth-order valence-electron chi connectivity index (χ4n) is 2.42. The number of H-pyrrole nitrogens is 1. The molecule has 5 heteroatoms. The lowest BCUT2D eigenvalue weighted by Gasteiger charge is -2.10. The molecule has 3 aromatic rings. The SMILES string of the molecule is COc1ccc2[nH]c(=S)n(Cc3ccccc3OC)c2c1. The average Bonchev–Trinajstić information content (AvgIpc) is 2.83. The van der Waals surface area contributed by atoms with Gasteiger partial charge in [-0.05, 0) is 30.4 Å². The third-order valence-corrected chi connectivity index (χ3v) is 3.83. The first-order chi connectivity index (χ1) is 10.2. The number of fused-ring (bicyclic) bond motifs is 1. The van der Waals surface area contributed by atoms with Crippen molar-refractivity contribution in [2.24, 2.45) is 0 Å². The molecule has 1 aromatic heterocycles. The number of imidazole rings is 1. The standard InChI is InChI=1S/C16H16N2O2S/c1-19-12-7-8-13-14(9-12)18(16(21)17-13)10-11-5-3-4-6-15(11)20-2/h3-9H,10H2,1-2H3,(H,17,21). The van der Waals surface area contributed by atoms with Crippen molar-refractivity contribution in [3.05, 3.63) is 52.8 Å². The van der Waals surface area contributed by atoms with Crippen LogP contribution in [-0.4, -0.2) is 23.8 Å². The number of ether oxygens (including phenoxy) is 2. The largest absolute Gasteiger partial charge is 0.497 e. The molecule has 1 heterocycles. The predicted octanol–water partition coefficient (Wildman–Crippen LogP) is 3.76. The first-order valence-corrected chi connectivity index (χ1v) is 7.02. The van der Waals surface area contributed by atoms with Crippen LogP contribution in [-0.2, 0) is 6.54 Å². The van der Waals surface area contributed by atoms with E-state index in [9.17, 15) is 0 Å². The Balaban J connectivity index is 2.11. The molecule has 0 atom stereocenters. The highest BCUT2D eigenvalue weighted by molar-refractivity contribution is 7.71. The molecule has 0 aliphatic carbocycles. The van der Waals surface area contributed by atoms with Crippen LogP contribution < -0.4 is 9.47 Å². The molecule has 21 heavy (non-hydrogen) atoms. The smallest absolute Gasteiger partial charge is 0.178 e. The summed E-state index contributed by atoms with van der Waals surface area (Å²) in [4.78, 5) is 3.22. The number of aromatic amines is 1. The lowest BCUT2D eigenvalue weighted by Crippen LogP contribution is -2.02. The van der Waals surface area contributed by atoms with Gasteiger partial charge < -0.3 is 19.0 Å². The minimum absolute atomic E-state index is 0.649. The normalized spacial score (nSPS) is 10.8. The first-order valence-electron chi connectivity index (χ1n) is 6.61. The van der Waals surface area contributed by atoms with Crippen LogP contribution in [0.3, 0.4) is 0 Å². The van der Waals surface area contributed by atoms with Gasteiger partial charge in [0.1, 0.15) is 11.5 Å². The molecule has 0 bridgehead atoms. The molecule has 0 spiro atoms. The summed E-state index contributed by atoms with van der Waals surface area (Å²) in [5, 5.41) is 0. The average molecular weight is 300 g/mol. The van der Waals surface area contributed by atoms with E-state index in [4.69, 9.17) is 21.7 Å². The number of rotatable bonds is 4. The topological polar surface area (TPSA) is 39.2 Å². The van der Waals surface area contributed by atoms with E-state index < -0.39 is 0 Å². The van der Waals surface area contributed by atoms with E-state index >= 15 is 0 Å². The number of methoxy groups -OCH3 is 2. The maximum absolute atomic E-state index is 5.44. The van der Waals surface area contributed by atoms with Gasteiger partial charge in [0, 0.05) is 11.6 Å². The third-order valence-electron chi connectivity index (χ3n) is 3.50. The van der Waals surface area contributed by atoms with E-state index in [1.807, 2.05) is 47.0 Å². The van der Waals surface area contributed by atoms with Crippen LogP contribution >= 0.6 is 12.2 Å². The van der Waals surface area contributed by atoms with Crippen molar-refractivity contribution in [3.63, 3.8) is 0 Å². The molecular formula is C16H16N2O2S. The Bertz CT molecular complexity index is 836. The van der Waals surface area contributed by atoms with Gasteiger partial charge in [0.2, 0.25) is 0 Å². The zero-order chi connectivity index (χ0) is 14.8. The Morgan fingerprint density at radius 1 is 1.10 bits per heavy atom. The van der Waals surface area contributed by atoms with Gasteiger partial charge >= 0.3 is 0 Å². The first kappa shape index (κ1) is 13.7. The zero-order valence-corrected chi connectivity index (χ0v) is 12.7. The molecule has 108 valence electrons. The Morgan fingerprint density at radius 2 is 1.90 bits per heavy atom. The number of nitrogens with one attached hydrogen (secondary N) is 1. The van der Waals surface area contributed by atoms with Gasteiger partial charge in [0.15, 0.2) is 4.77 Å². The molecule has 0 unspecified atom stereocenters. The van der Waals surface area contributed by atoms with E-state index in [1.54, 1.807) is 14.2 Å². The van der Waals surface area contributed by atoms with Crippen LogP contribution in [0.15, 0.2) is 42.5 Å². The summed E-state index contributed by atoms with van der Waals surface area (Å²) in [6, 6.07) is 13.8. The van der Waals surface area contributed by atoms with Gasteiger partial charge in [-0.25, -0.2) is 0 Å². The van der Waals surface area contributed by atoms with Crippen LogP contribution in [0.25, 0.3) is 11.0 Å². The molecule has 1 N–H and O–H groups in total. The summed E-state index contributed by atoms with van der Waals surface area (Å²) in [5.74, 6) is 1.67. The molecule has 0 saturated heterocycles. The summed E-state index contributed by atoms with van der Waals surface area (Å²) in [6.45, 7) is 0.649. The molecule has 0 fully saturated rings. The maximum Gasteiger partial charge on any atom is 0.178 e. The third kappa shape index (κ3) is 2.52. The molecule has 4 nitrogen and oxygen atoms in total. The van der Waals surface area contributed by atoms with Crippen LogP contribution in [0.4, 0.5) is 0 Å². The number of hydrogen-bond donors (Lipinski definition) is 1. The van der Waals surface area contributed by atoms with Gasteiger partial charge in [0.25, 0.3) is 0 Å². The van der Waals surface area contributed by atoms with Crippen molar-refractivity contribution in [1.29, 1.82) is 0 Å². The minimum Gasteiger partial charge on any atom is -0.497 e. The fraction of sp³-hybridized carbons (Fsp3) is 0.188. The molecule has 2 aromatic carbocycles. The van der Waals surface area contributed by atoms with Gasteiger partial charge in [-0.1, -0.05) is 18.2 Å². The van der Waals surface area contributed by atoms with Gasteiger partial charge in [0.05, 0.1) is 31.8 Å². The Labute approximate surface area is 127 Å². The number of hydrogen-bond acceptors (Lipinski definition) is 3. The highest BCUT2D eigenvalue weighted by Crippen LogP contribution is 2.24. The van der Waals surface area contributed by atoms with Crippen molar-refractivity contribution < 1.29 is 9.47 Å². The second-order valence-corrected chi connectivity index (χ2v) is 5.10. The lowest BCUT2D eigenvalue weighted by molar-refractivity contribution is 0.408. The van der Waals surface area contributed by atoms with Crippen molar-refractivity contribution in [2.75, 3.05) is 14.2 Å². The van der Waals surface area contributed by atoms with E-state index in [2.05, 4.69) is 4.98 Å². The summed E-state index contributed by atoms with van der Waals surface area (Å²) in [5.41, 5.74) is 3.10. The Kier molecular flexibility index (Phi) is 3.66. The van der Waals surface area contributed by atoms with Crippen molar-refractivity contribution in [1.82, 2.24) is 9.55 Å². The second-order valence-electron chi connectivity index (χ2n) is 4.71. The number of aromatic nitrogens is 2. The maximum atomic E-state index is 5.44. The van der Waals surface area contributed by atoms with E-state index in [1.165, 1.54) is 0 Å². The molecule has 0 amide bonds. The van der Waals surface area contributed by atoms with Gasteiger partial charge in [-0.2, -0.15) is 0 Å². The summed E-state index contributed by atoms with van der Waals surface area (Å²) >= 11 is 5.44. The minimum atomic E-state index is 0.649. The number of nitrogens with zero attached hydrogens (tertiary/aromatic N) is 1. The highest BCUT2D eigenvalue weighted by atomic mass is 32.1. The lowest BCUT2D eigenvalue weighted by atomic mass is 10.2. The quantitative estimate of drug-likeness (QED) is 0.746. The van der Waals surface area contributed by atoms with Crippen LogP contribution in [0.2, 0.25) is 0 Å². The van der Waals surface area contributed by atoms with Gasteiger partial charge in [-0.3, -0.25) is 0 Å². The fourth-order valence-corrected chi connectivity index (χ4v) is 2.69. The van der Waals surface area contributed by atoms with Crippen molar-refractivity contribution in [2.45, 2.75) is 6.54 Å². The molecule has 0 aliphatic heterocycles. The molecule has 0 aliphatic rings. The van der Waals surface area contributed by atoms with E-state index in [0.29, 0.717) is 11.3 Å². The number of para-hydroxylation sites is 1. The summed E-state index contributed by atoms with van der Waals surface area (Å²) in [7, 11) is 3.34. The summed E-state index contributed by atoms with van der Waals surface area (Å²) < 4.78 is 13.4. The van der Waals surface area contributed by atoms with Crippen molar-refractivity contribution in [3.8, 4) is 11.5 Å². The molecular weight excluding hydrogens is 284 g/mol. The summed E-state index contributed by atoms with van der Waals surface area (Å²) in [6.07, 6.45) is 0. The zero-order valence-electron chi connectivity index (χ0n) is 11.9. The van der Waals surface area contributed by atoms with E-state index in [-0.39, 0.29) is 0 Å². The van der Waals surface area contributed by atoms with Crippen LogP contribution in [0, 0.1) is 4.77 Å². The van der Waals surface area contributed by atoms with Crippen LogP contribution in [0.5, 0.6) is 11.5 Å². The molecule has 3 rings (SSSR count). The van der Waals surface area contributed by atoms with Gasteiger partial charge in [-0.15, -0.1) is 0 Å². The van der Waals surface area contributed by atoms with Crippen LogP contribution in [0.1, 0.15) is 5.56 Å². The predicted molar refractivity (Wildman–Crippen MR) is 85.8 cm³/mol. The molecule has 0 radical (unpaired) electrons. The van der Waals surface area contributed by atoms with Crippen molar-refractivity contribution >= 4 is 23.3 Å². The Morgan fingerprint density at radius 3 is 2.67 bits per heavy atom. The Hall–Kier alpha value is -2.27. The van der Waals surface area contributed by atoms with E-state index in [0.717, 1.165) is 28.1 Å². The molecule has 0 saturated carbocycles. The highest BCUT2D eigenvalue weighted by Gasteiger charge is 2.09. The second kappa shape index (κ2) is 5.61. The number of benzene rings is 2.